The molecule has 0 aromatic heterocycles. The van der Waals surface area contributed by atoms with E-state index in [2.05, 4.69) is 13.8 Å². The van der Waals surface area contributed by atoms with Gasteiger partial charge in [-0.15, -0.1) is 0 Å². The van der Waals surface area contributed by atoms with E-state index in [9.17, 15) is 0 Å². The third-order valence-corrected chi connectivity index (χ3v) is 6.71. The highest BCUT2D eigenvalue weighted by Crippen LogP contribution is 2.18. The van der Waals surface area contributed by atoms with Crippen LogP contribution in [-0.4, -0.2) is 19.3 Å². The van der Waals surface area contributed by atoms with Gasteiger partial charge in [0, 0.05) is 6.61 Å². The Balaban J connectivity index is 3.60. The summed E-state index contributed by atoms with van der Waals surface area (Å²) in [4.78, 5) is 0. The highest BCUT2D eigenvalue weighted by molar-refractivity contribution is 4.61. The molecule has 2 N–H and O–H groups in total. The van der Waals surface area contributed by atoms with Gasteiger partial charge in [0.05, 0.1) is 6.10 Å². The number of nitrogens with two attached hydrogens (primary N) is 1. The molecule has 31 heavy (non-hydrogen) atoms. The molecule has 0 fully saturated rings. The van der Waals surface area contributed by atoms with Crippen molar-refractivity contribution in [2.24, 2.45) is 5.73 Å². The van der Waals surface area contributed by atoms with Crippen molar-refractivity contribution in [2.45, 2.75) is 174 Å². The van der Waals surface area contributed by atoms with E-state index in [1.54, 1.807) is 0 Å². The minimum Gasteiger partial charge on any atom is -0.378 e. The van der Waals surface area contributed by atoms with Crippen LogP contribution < -0.4 is 5.73 Å². The summed E-state index contributed by atoms with van der Waals surface area (Å²) in [6.45, 7) is 6.20. The second-order valence-electron chi connectivity index (χ2n) is 9.93. The van der Waals surface area contributed by atoms with Crippen molar-refractivity contribution in [3.8, 4) is 0 Å². The van der Waals surface area contributed by atoms with E-state index in [0.29, 0.717) is 6.10 Å². The molecule has 0 saturated heterocycles. The molecule has 0 saturated carbocycles. The predicted octanol–water partition coefficient (Wildman–Crippen LogP) is 9.73. The van der Waals surface area contributed by atoms with E-state index in [1.807, 2.05) is 0 Å². The van der Waals surface area contributed by atoms with E-state index >= 15 is 0 Å². The topological polar surface area (TPSA) is 35.2 Å². The van der Waals surface area contributed by atoms with Crippen molar-refractivity contribution in [2.75, 3.05) is 13.2 Å². The molecular formula is C29H61NO. The Morgan fingerprint density at radius 2 is 0.774 bits per heavy atom. The van der Waals surface area contributed by atoms with Crippen LogP contribution in [0.2, 0.25) is 0 Å². The zero-order valence-corrected chi connectivity index (χ0v) is 21.9. The van der Waals surface area contributed by atoms with Crippen LogP contribution in [0, 0.1) is 0 Å². The van der Waals surface area contributed by atoms with E-state index < -0.39 is 0 Å². The van der Waals surface area contributed by atoms with Crippen LogP contribution in [0.3, 0.4) is 0 Å². The first kappa shape index (κ1) is 30.9. The highest BCUT2D eigenvalue weighted by Gasteiger charge is 2.09. The molecule has 0 amide bonds. The quantitative estimate of drug-likeness (QED) is 0.129. The van der Waals surface area contributed by atoms with Gasteiger partial charge in [-0.2, -0.15) is 0 Å². The monoisotopic (exact) mass is 439 g/mol. The van der Waals surface area contributed by atoms with Gasteiger partial charge in [0.25, 0.3) is 0 Å². The fourth-order valence-corrected chi connectivity index (χ4v) is 4.54. The molecule has 0 spiro atoms. The molecule has 0 aliphatic heterocycles. The van der Waals surface area contributed by atoms with Gasteiger partial charge in [-0.05, 0) is 25.8 Å². The lowest BCUT2D eigenvalue weighted by Crippen LogP contribution is -2.16. The molecule has 2 heteroatoms. The average Bonchev–Trinajstić information content (AvgIpc) is 2.78. The largest absolute Gasteiger partial charge is 0.378 e. The third kappa shape index (κ3) is 26.1. The number of rotatable bonds is 27. The summed E-state index contributed by atoms with van der Waals surface area (Å²) in [6, 6.07) is 0. The maximum atomic E-state index is 6.18. The zero-order chi connectivity index (χ0) is 22.7. The SMILES string of the molecule is CCCCCCCCCCCCCC(CCCCCCCCCCCC)OCCCN. The highest BCUT2D eigenvalue weighted by atomic mass is 16.5. The second kappa shape index (κ2) is 28.0. The van der Waals surface area contributed by atoms with E-state index in [1.165, 1.54) is 148 Å². The maximum Gasteiger partial charge on any atom is 0.0575 e. The van der Waals surface area contributed by atoms with Gasteiger partial charge in [0.15, 0.2) is 0 Å². The summed E-state index contributed by atoms with van der Waals surface area (Å²) in [5.74, 6) is 0. The fourth-order valence-electron chi connectivity index (χ4n) is 4.54. The zero-order valence-electron chi connectivity index (χ0n) is 21.9. The summed E-state index contributed by atoms with van der Waals surface area (Å²) in [7, 11) is 0. The smallest absolute Gasteiger partial charge is 0.0575 e. The Kier molecular flexibility index (Phi) is 27.9. The summed E-state index contributed by atoms with van der Waals surface area (Å²) in [5.41, 5.74) is 5.65. The van der Waals surface area contributed by atoms with Crippen molar-refractivity contribution < 1.29 is 4.74 Å². The Bertz CT molecular complexity index is 307. The summed E-state index contributed by atoms with van der Waals surface area (Å²) >= 11 is 0. The molecule has 1 unspecified atom stereocenters. The van der Waals surface area contributed by atoms with Gasteiger partial charge in [-0.25, -0.2) is 0 Å². The van der Waals surface area contributed by atoms with Crippen molar-refractivity contribution in [1.29, 1.82) is 0 Å². The lowest BCUT2D eigenvalue weighted by molar-refractivity contribution is 0.0376. The Morgan fingerprint density at radius 1 is 0.452 bits per heavy atom. The van der Waals surface area contributed by atoms with Crippen LogP contribution >= 0.6 is 0 Å². The van der Waals surface area contributed by atoms with Gasteiger partial charge in [0.2, 0.25) is 0 Å². The van der Waals surface area contributed by atoms with E-state index in [4.69, 9.17) is 10.5 Å². The van der Waals surface area contributed by atoms with Crippen LogP contribution in [0.5, 0.6) is 0 Å². The Labute approximate surface area is 197 Å². The predicted molar refractivity (Wildman–Crippen MR) is 141 cm³/mol. The van der Waals surface area contributed by atoms with E-state index in [-0.39, 0.29) is 0 Å². The standard InChI is InChI=1S/C29H61NO/c1-3-5-7-9-11-13-15-17-19-21-23-26-29(31-28-24-27-30)25-22-20-18-16-14-12-10-8-6-4-2/h29H,3-28,30H2,1-2H3. The lowest BCUT2D eigenvalue weighted by atomic mass is 10.0. The minimum atomic E-state index is 0.485. The molecule has 1 atom stereocenters. The molecule has 0 bridgehead atoms. The van der Waals surface area contributed by atoms with Crippen LogP contribution in [0.4, 0.5) is 0 Å². The van der Waals surface area contributed by atoms with Gasteiger partial charge >= 0.3 is 0 Å². The van der Waals surface area contributed by atoms with Crippen LogP contribution in [0.1, 0.15) is 168 Å². The van der Waals surface area contributed by atoms with Gasteiger partial charge in [0.1, 0.15) is 0 Å². The number of unbranched alkanes of at least 4 members (excludes halogenated alkanes) is 19. The molecular weight excluding hydrogens is 378 g/mol. The molecule has 0 radical (unpaired) electrons. The number of ether oxygens (including phenoxy) is 1. The van der Waals surface area contributed by atoms with Crippen LogP contribution in [-0.2, 0) is 4.74 Å². The molecule has 2 nitrogen and oxygen atoms in total. The van der Waals surface area contributed by atoms with Crippen molar-refractivity contribution >= 4 is 0 Å². The van der Waals surface area contributed by atoms with Gasteiger partial charge in [-0.1, -0.05) is 149 Å². The minimum absolute atomic E-state index is 0.485. The molecule has 188 valence electrons. The molecule has 0 heterocycles. The van der Waals surface area contributed by atoms with Gasteiger partial charge in [-0.3, -0.25) is 0 Å². The third-order valence-electron chi connectivity index (χ3n) is 6.71. The van der Waals surface area contributed by atoms with E-state index in [0.717, 1.165) is 19.6 Å². The Morgan fingerprint density at radius 3 is 1.10 bits per heavy atom. The summed E-state index contributed by atoms with van der Waals surface area (Å²) in [6.07, 6.45) is 33.8. The normalized spacial score (nSPS) is 12.5. The number of hydrogen-bond acceptors (Lipinski definition) is 2. The maximum absolute atomic E-state index is 6.18. The molecule has 0 aliphatic rings. The first-order valence-corrected chi connectivity index (χ1v) is 14.7. The number of hydrogen-bond donors (Lipinski definition) is 1. The lowest BCUT2D eigenvalue weighted by Gasteiger charge is -2.18. The molecule has 0 aromatic carbocycles. The van der Waals surface area contributed by atoms with Gasteiger partial charge < -0.3 is 10.5 Å². The summed E-state index contributed by atoms with van der Waals surface area (Å²) in [5, 5.41) is 0. The Hall–Kier alpha value is -0.0800. The van der Waals surface area contributed by atoms with Crippen molar-refractivity contribution in [1.82, 2.24) is 0 Å². The molecule has 0 aromatic rings. The van der Waals surface area contributed by atoms with Crippen molar-refractivity contribution in [3.63, 3.8) is 0 Å². The molecule has 0 aliphatic carbocycles. The first-order valence-electron chi connectivity index (χ1n) is 14.7. The first-order chi connectivity index (χ1) is 15.3. The summed E-state index contributed by atoms with van der Waals surface area (Å²) < 4.78 is 6.18. The fraction of sp³-hybridized carbons (Fsp3) is 1.00. The van der Waals surface area contributed by atoms with Crippen LogP contribution in [0.25, 0.3) is 0 Å². The second-order valence-corrected chi connectivity index (χ2v) is 9.93. The average molecular weight is 440 g/mol. The van der Waals surface area contributed by atoms with Crippen molar-refractivity contribution in [3.05, 3.63) is 0 Å². The molecule has 0 rings (SSSR count). The van der Waals surface area contributed by atoms with Crippen LogP contribution in [0.15, 0.2) is 0 Å².